The molecule has 1 aliphatic heterocycles. The van der Waals surface area contributed by atoms with Crippen LogP contribution >= 0.6 is 0 Å². The largest absolute Gasteiger partial charge is 0.351 e. The Morgan fingerprint density at radius 3 is 2.67 bits per heavy atom. The molecule has 1 aliphatic carbocycles. The zero-order valence-electron chi connectivity index (χ0n) is 9.41. The third-order valence-electron chi connectivity index (χ3n) is 3.62. The second-order valence-corrected chi connectivity index (χ2v) is 5.01. The van der Waals surface area contributed by atoms with Crippen molar-refractivity contribution < 1.29 is 4.79 Å². The fraction of sp³-hybridized carbons (Fsp3) is 0.909. The molecule has 1 saturated carbocycles. The maximum atomic E-state index is 11.2. The molecule has 0 bridgehead atoms. The number of hydrogen-bond acceptors (Lipinski definition) is 2. The topological polar surface area (TPSA) is 58.4 Å². The summed E-state index contributed by atoms with van der Waals surface area (Å²) >= 11 is 0. The van der Waals surface area contributed by atoms with Crippen molar-refractivity contribution in [2.24, 2.45) is 17.6 Å². The molecule has 15 heavy (non-hydrogen) atoms. The second-order valence-electron chi connectivity index (χ2n) is 5.01. The molecule has 0 aromatic rings. The molecule has 3 N–H and O–H groups in total. The Morgan fingerprint density at radius 2 is 2.13 bits per heavy atom. The maximum absolute atomic E-state index is 11.2. The molecule has 0 aromatic heterocycles. The highest BCUT2D eigenvalue weighted by molar-refractivity contribution is 5.72. The molecule has 1 heterocycles. The van der Waals surface area contributed by atoms with Gasteiger partial charge >= 0.3 is 6.03 Å². The van der Waals surface area contributed by atoms with Crippen LogP contribution in [0.3, 0.4) is 0 Å². The number of urea groups is 1. The molecule has 2 unspecified atom stereocenters. The molecule has 0 spiro atoms. The zero-order chi connectivity index (χ0) is 10.8. The Kier molecular flexibility index (Phi) is 3.14. The monoisotopic (exact) mass is 211 g/mol. The van der Waals surface area contributed by atoms with Gasteiger partial charge in [0.1, 0.15) is 0 Å². The molecular weight excluding hydrogens is 190 g/mol. The Labute approximate surface area is 91.2 Å². The summed E-state index contributed by atoms with van der Waals surface area (Å²) < 4.78 is 0. The van der Waals surface area contributed by atoms with E-state index in [1.54, 1.807) is 4.90 Å². The number of piperidine rings is 1. The molecule has 1 saturated heterocycles. The molecule has 2 amide bonds. The minimum Gasteiger partial charge on any atom is -0.351 e. The average molecular weight is 211 g/mol. The standard InChI is InChI=1S/C11H21N3O/c1-13-10-5-9(4-8-2-3-8)6-14(7-10)11(12)15/h8-10,13H,2-7H2,1H3,(H2,12,15). The first-order valence-electron chi connectivity index (χ1n) is 5.90. The first kappa shape index (κ1) is 10.7. The number of likely N-dealkylation sites (N-methyl/N-ethyl adjacent to an activating group) is 1. The highest BCUT2D eigenvalue weighted by Crippen LogP contribution is 2.37. The van der Waals surface area contributed by atoms with Crippen LogP contribution in [0, 0.1) is 11.8 Å². The van der Waals surface area contributed by atoms with Gasteiger partial charge in [-0.2, -0.15) is 0 Å². The number of nitrogens with zero attached hydrogens (tertiary/aromatic N) is 1. The molecule has 4 heteroatoms. The van der Waals surface area contributed by atoms with E-state index < -0.39 is 0 Å². The molecule has 4 nitrogen and oxygen atoms in total. The number of carbonyl (C=O) groups is 1. The fourth-order valence-corrected chi connectivity index (χ4v) is 2.59. The van der Waals surface area contributed by atoms with Gasteiger partial charge < -0.3 is 16.0 Å². The van der Waals surface area contributed by atoms with E-state index in [9.17, 15) is 4.79 Å². The third-order valence-corrected chi connectivity index (χ3v) is 3.62. The van der Waals surface area contributed by atoms with E-state index in [1.165, 1.54) is 25.7 Å². The quantitative estimate of drug-likeness (QED) is 0.724. The highest BCUT2D eigenvalue weighted by Gasteiger charge is 2.32. The summed E-state index contributed by atoms with van der Waals surface area (Å²) in [4.78, 5) is 13.0. The maximum Gasteiger partial charge on any atom is 0.314 e. The lowest BCUT2D eigenvalue weighted by atomic mass is 9.90. The lowest BCUT2D eigenvalue weighted by Crippen LogP contribution is -2.52. The number of rotatable bonds is 3. The third kappa shape index (κ3) is 2.84. The van der Waals surface area contributed by atoms with Crippen LogP contribution in [0.15, 0.2) is 0 Å². The molecule has 2 fully saturated rings. The van der Waals surface area contributed by atoms with Gasteiger partial charge in [0, 0.05) is 19.1 Å². The zero-order valence-corrected chi connectivity index (χ0v) is 9.41. The van der Waals surface area contributed by atoms with Crippen molar-refractivity contribution in [3.05, 3.63) is 0 Å². The van der Waals surface area contributed by atoms with Crippen molar-refractivity contribution in [2.45, 2.75) is 31.7 Å². The lowest BCUT2D eigenvalue weighted by molar-refractivity contribution is 0.149. The molecule has 2 aliphatic rings. The predicted molar refractivity (Wildman–Crippen MR) is 59.5 cm³/mol. The van der Waals surface area contributed by atoms with Crippen LogP contribution in [0.2, 0.25) is 0 Å². The molecular formula is C11H21N3O. The van der Waals surface area contributed by atoms with E-state index in [-0.39, 0.29) is 6.03 Å². The van der Waals surface area contributed by atoms with E-state index in [0.29, 0.717) is 12.0 Å². The van der Waals surface area contributed by atoms with Gasteiger partial charge in [-0.1, -0.05) is 12.8 Å². The van der Waals surface area contributed by atoms with Gasteiger partial charge in [0.25, 0.3) is 0 Å². The number of carbonyl (C=O) groups excluding carboxylic acids is 1. The highest BCUT2D eigenvalue weighted by atomic mass is 16.2. The Bertz CT molecular complexity index is 240. The van der Waals surface area contributed by atoms with Crippen LogP contribution in [-0.2, 0) is 0 Å². The summed E-state index contributed by atoms with van der Waals surface area (Å²) in [5.74, 6) is 1.58. The van der Waals surface area contributed by atoms with Gasteiger partial charge in [-0.25, -0.2) is 4.79 Å². The normalized spacial score (nSPS) is 31.7. The van der Waals surface area contributed by atoms with Gasteiger partial charge in [0.05, 0.1) is 0 Å². The molecule has 0 radical (unpaired) electrons. The van der Waals surface area contributed by atoms with E-state index in [4.69, 9.17) is 5.73 Å². The van der Waals surface area contributed by atoms with Crippen LogP contribution in [-0.4, -0.2) is 37.1 Å². The van der Waals surface area contributed by atoms with Crippen molar-refractivity contribution in [1.82, 2.24) is 10.2 Å². The number of amides is 2. The minimum absolute atomic E-state index is 0.268. The predicted octanol–water partition coefficient (Wildman–Crippen LogP) is 0.775. The van der Waals surface area contributed by atoms with Crippen molar-refractivity contribution in [2.75, 3.05) is 20.1 Å². The second kappa shape index (κ2) is 4.39. The first-order valence-corrected chi connectivity index (χ1v) is 5.90. The number of nitrogens with one attached hydrogen (secondary N) is 1. The van der Waals surface area contributed by atoms with Crippen molar-refractivity contribution in [3.8, 4) is 0 Å². The fourth-order valence-electron chi connectivity index (χ4n) is 2.59. The van der Waals surface area contributed by atoms with Crippen LogP contribution < -0.4 is 11.1 Å². The van der Waals surface area contributed by atoms with Gasteiger partial charge in [-0.05, 0) is 31.7 Å². The number of likely N-dealkylation sites (tertiary alicyclic amines) is 1. The summed E-state index contributed by atoms with van der Waals surface area (Å²) in [7, 11) is 1.96. The van der Waals surface area contributed by atoms with Crippen LogP contribution in [0.25, 0.3) is 0 Å². The number of nitrogens with two attached hydrogens (primary N) is 1. The SMILES string of the molecule is CNC1CC(CC2CC2)CN(C(N)=O)C1. The van der Waals surface area contributed by atoms with Gasteiger partial charge in [-0.15, -0.1) is 0 Å². The molecule has 2 rings (SSSR count). The van der Waals surface area contributed by atoms with E-state index >= 15 is 0 Å². The number of hydrogen-bond donors (Lipinski definition) is 2. The Hall–Kier alpha value is -0.770. The van der Waals surface area contributed by atoms with E-state index in [0.717, 1.165) is 19.0 Å². The molecule has 86 valence electrons. The number of primary amides is 1. The van der Waals surface area contributed by atoms with Gasteiger partial charge in [0.2, 0.25) is 0 Å². The summed E-state index contributed by atoms with van der Waals surface area (Å²) in [6.07, 6.45) is 5.24. The van der Waals surface area contributed by atoms with Crippen LogP contribution in [0.1, 0.15) is 25.7 Å². The average Bonchev–Trinajstić information content (AvgIpc) is 3.01. The molecule has 2 atom stereocenters. The smallest absolute Gasteiger partial charge is 0.314 e. The van der Waals surface area contributed by atoms with Gasteiger partial charge in [0.15, 0.2) is 0 Å². The lowest BCUT2D eigenvalue weighted by Gasteiger charge is -2.37. The summed E-state index contributed by atoms with van der Waals surface area (Å²) in [5, 5.41) is 3.26. The minimum atomic E-state index is -0.268. The van der Waals surface area contributed by atoms with E-state index in [2.05, 4.69) is 5.32 Å². The Balaban J connectivity index is 1.89. The van der Waals surface area contributed by atoms with Crippen LogP contribution in [0.4, 0.5) is 4.79 Å². The van der Waals surface area contributed by atoms with Crippen LogP contribution in [0.5, 0.6) is 0 Å². The van der Waals surface area contributed by atoms with E-state index in [1.807, 2.05) is 7.05 Å². The summed E-state index contributed by atoms with van der Waals surface area (Å²) in [6.45, 7) is 1.64. The Morgan fingerprint density at radius 1 is 1.40 bits per heavy atom. The van der Waals surface area contributed by atoms with Crippen molar-refractivity contribution >= 4 is 6.03 Å². The summed E-state index contributed by atoms with van der Waals surface area (Å²) in [6, 6.07) is 0.158. The molecule has 0 aromatic carbocycles. The summed E-state index contributed by atoms with van der Waals surface area (Å²) in [5.41, 5.74) is 5.35. The van der Waals surface area contributed by atoms with Gasteiger partial charge in [-0.3, -0.25) is 0 Å². The van der Waals surface area contributed by atoms with Crippen molar-refractivity contribution in [3.63, 3.8) is 0 Å². The first-order chi connectivity index (χ1) is 7.19. The van der Waals surface area contributed by atoms with Crippen molar-refractivity contribution in [1.29, 1.82) is 0 Å².